The van der Waals surface area contributed by atoms with E-state index in [1.807, 2.05) is 0 Å². The van der Waals surface area contributed by atoms with Crippen molar-refractivity contribution in [3.05, 3.63) is 64.4 Å². The Kier molecular flexibility index (Phi) is 4.89. The molecule has 0 fully saturated rings. The molecule has 21 heavy (non-hydrogen) atoms. The second-order valence-corrected chi connectivity index (χ2v) is 6.81. The third-order valence-corrected chi connectivity index (χ3v) is 4.94. The van der Waals surface area contributed by atoms with Crippen molar-refractivity contribution in [1.29, 1.82) is 0 Å². The molecule has 3 rings (SSSR count). The maximum atomic E-state index is 3.75. The van der Waals surface area contributed by atoms with Crippen LogP contribution in [-0.2, 0) is 6.54 Å². The molecule has 0 bridgehead atoms. The van der Waals surface area contributed by atoms with Crippen LogP contribution in [0.25, 0.3) is 5.57 Å². The zero-order chi connectivity index (χ0) is 14.5. The van der Waals surface area contributed by atoms with E-state index in [2.05, 4.69) is 65.5 Å². The Morgan fingerprint density at radius 3 is 2.76 bits per heavy atom. The van der Waals surface area contributed by atoms with Gasteiger partial charge in [0.15, 0.2) is 0 Å². The van der Waals surface area contributed by atoms with E-state index in [-0.39, 0.29) is 0 Å². The van der Waals surface area contributed by atoms with Crippen molar-refractivity contribution >= 4 is 16.9 Å². The van der Waals surface area contributed by atoms with Crippen LogP contribution in [0.4, 0.5) is 0 Å². The van der Waals surface area contributed by atoms with Crippen LogP contribution in [0, 0.1) is 5.92 Å². The number of allylic oxidation sites excluding steroid dienone is 1. The lowest BCUT2D eigenvalue weighted by molar-refractivity contribution is 0.459. The fraction of sp³-hybridized carbons (Fsp3) is 0.368. The van der Waals surface area contributed by atoms with Gasteiger partial charge >= 0.3 is 0 Å². The van der Waals surface area contributed by atoms with Crippen molar-refractivity contribution in [3.63, 3.8) is 0 Å². The van der Waals surface area contributed by atoms with Crippen LogP contribution >= 0.6 is 11.3 Å². The molecular formula is C19H23NS. The molecule has 2 unspecified atom stereocenters. The van der Waals surface area contributed by atoms with Crippen LogP contribution in [0.15, 0.2) is 53.2 Å². The highest BCUT2D eigenvalue weighted by molar-refractivity contribution is 7.08. The summed E-state index contributed by atoms with van der Waals surface area (Å²) in [6, 6.07) is 13.5. The third-order valence-electron chi connectivity index (χ3n) is 4.25. The fourth-order valence-electron chi connectivity index (χ4n) is 3.02. The van der Waals surface area contributed by atoms with Crippen molar-refractivity contribution in [3.8, 4) is 0 Å². The molecular weight excluding hydrogens is 274 g/mol. The predicted octanol–water partition coefficient (Wildman–Crippen LogP) is 5.11. The molecule has 0 radical (unpaired) electrons. The van der Waals surface area contributed by atoms with Crippen molar-refractivity contribution < 1.29 is 0 Å². The molecule has 1 aliphatic rings. The van der Waals surface area contributed by atoms with E-state index in [0.29, 0.717) is 12.0 Å². The van der Waals surface area contributed by atoms with Crippen LogP contribution < -0.4 is 5.32 Å². The lowest BCUT2D eigenvalue weighted by atomic mass is 10.0. The van der Waals surface area contributed by atoms with Gasteiger partial charge in [-0.15, -0.1) is 0 Å². The molecule has 1 nitrogen and oxygen atoms in total. The van der Waals surface area contributed by atoms with E-state index in [4.69, 9.17) is 0 Å². The Morgan fingerprint density at radius 2 is 2.00 bits per heavy atom. The molecule has 0 amide bonds. The van der Waals surface area contributed by atoms with Gasteiger partial charge in [0.2, 0.25) is 0 Å². The summed E-state index contributed by atoms with van der Waals surface area (Å²) < 4.78 is 0. The summed E-state index contributed by atoms with van der Waals surface area (Å²) in [4.78, 5) is 0. The molecule has 1 aromatic heterocycles. The maximum Gasteiger partial charge on any atom is 0.0208 e. The fourth-order valence-corrected chi connectivity index (χ4v) is 3.70. The molecule has 1 heterocycles. The largest absolute Gasteiger partial charge is 0.310 e. The zero-order valence-corrected chi connectivity index (χ0v) is 13.4. The van der Waals surface area contributed by atoms with Gasteiger partial charge < -0.3 is 5.32 Å². The number of hydrogen-bond acceptors (Lipinski definition) is 2. The minimum absolute atomic E-state index is 0.585. The van der Waals surface area contributed by atoms with E-state index in [0.717, 1.165) is 13.0 Å². The predicted molar refractivity (Wildman–Crippen MR) is 92.4 cm³/mol. The van der Waals surface area contributed by atoms with Gasteiger partial charge in [-0.05, 0) is 58.7 Å². The number of benzene rings is 1. The van der Waals surface area contributed by atoms with Gasteiger partial charge in [-0.25, -0.2) is 0 Å². The third kappa shape index (κ3) is 4.05. The molecule has 1 aromatic carbocycles. The SMILES string of the molecule is CC1C=C(c2ccsc2)CC(NCc2ccccc2)CC1. The summed E-state index contributed by atoms with van der Waals surface area (Å²) in [7, 11) is 0. The Morgan fingerprint density at radius 1 is 1.14 bits per heavy atom. The minimum atomic E-state index is 0.585. The minimum Gasteiger partial charge on any atom is -0.310 e. The molecule has 2 heteroatoms. The first-order valence-corrected chi connectivity index (χ1v) is 8.76. The summed E-state index contributed by atoms with van der Waals surface area (Å²) in [5, 5.41) is 8.21. The topological polar surface area (TPSA) is 12.0 Å². The number of rotatable bonds is 4. The monoisotopic (exact) mass is 297 g/mol. The molecule has 2 atom stereocenters. The second kappa shape index (κ2) is 7.06. The molecule has 0 spiro atoms. The Labute approximate surface area is 131 Å². The summed E-state index contributed by atoms with van der Waals surface area (Å²) in [5.41, 5.74) is 4.31. The normalized spacial score (nSPS) is 22.6. The molecule has 0 saturated heterocycles. The van der Waals surface area contributed by atoms with Crippen LogP contribution in [0.5, 0.6) is 0 Å². The van der Waals surface area contributed by atoms with Crippen LogP contribution in [0.3, 0.4) is 0 Å². The van der Waals surface area contributed by atoms with Gasteiger partial charge in [0, 0.05) is 12.6 Å². The molecule has 0 saturated carbocycles. The van der Waals surface area contributed by atoms with Crippen LogP contribution in [0.1, 0.15) is 37.3 Å². The number of thiophene rings is 1. The number of nitrogens with one attached hydrogen (secondary N) is 1. The zero-order valence-electron chi connectivity index (χ0n) is 12.6. The van der Waals surface area contributed by atoms with Crippen molar-refractivity contribution in [2.75, 3.05) is 0 Å². The lowest BCUT2D eigenvalue weighted by Crippen LogP contribution is -2.28. The molecule has 0 aliphatic heterocycles. The quantitative estimate of drug-likeness (QED) is 0.827. The van der Waals surface area contributed by atoms with Gasteiger partial charge in [0.05, 0.1) is 0 Å². The molecule has 2 aromatic rings. The molecule has 1 aliphatic carbocycles. The number of hydrogen-bond donors (Lipinski definition) is 1. The van der Waals surface area contributed by atoms with E-state index >= 15 is 0 Å². The average Bonchev–Trinajstić information content (AvgIpc) is 2.98. The average molecular weight is 297 g/mol. The summed E-state index contributed by atoms with van der Waals surface area (Å²) >= 11 is 1.79. The molecule has 1 N–H and O–H groups in total. The van der Waals surface area contributed by atoms with Gasteiger partial charge in [-0.1, -0.05) is 43.3 Å². The van der Waals surface area contributed by atoms with Crippen LogP contribution in [-0.4, -0.2) is 6.04 Å². The standard InChI is InChI=1S/C19H23NS/c1-15-7-8-19(20-13-16-5-3-2-4-6-16)12-18(11-15)17-9-10-21-14-17/h2-6,9-11,14-15,19-20H,7-8,12-13H2,1H3. The Balaban J connectivity index is 1.65. The Hall–Kier alpha value is -1.38. The van der Waals surface area contributed by atoms with Gasteiger partial charge in [0.1, 0.15) is 0 Å². The first-order chi connectivity index (χ1) is 10.3. The molecule has 110 valence electrons. The van der Waals surface area contributed by atoms with Gasteiger partial charge in [-0.2, -0.15) is 11.3 Å². The highest BCUT2D eigenvalue weighted by Gasteiger charge is 2.18. The van der Waals surface area contributed by atoms with Crippen molar-refractivity contribution in [2.45, 2.75) is 38.8 Å². The lowest BCUT2D eigenvalue weighted by Gasteiger charge is -2.18. The highest BCUT2D eigenvalue weighted by atomic mass is 32.1. The second-order valence-electron chi connectivity index (χ2n) is 6.03. The highest BCUT2D eigenvalue weighted by Crippen LogP contribution is 2.30. The summed E-state index contributed by atoms with van der Waals surface area (Å²) in [6.07, 6.45) is 6.17. The van der Waals surface area contributed by atoms with Crippen LogP contribution in [0.2, 0.25) is 0 Å². The van der Waals surface area contributed by atoms with Gasteiger partial charge in [-0.3, -0.25) is 0 Å². The van der Waals surface area contributed by atoms with E-state index in [1.54, 1.807) is 11.3 Å². The van der Waals surface area contributed by atoms with E-state index in [9.17, 15) is 0 Å². The maximum absolute atomic E-state index is 3.75. The first kappa shape index (κ1) is 14.6. The Bertz CT molecular complexity index is 571. The first-order valence-electron chi connectivity index (χ1n) is 7.82. The summed E-state index contributed by atoms with van der Waals surface area (Å²) in [6.45, 7) is 3.31. The smallest absolute Gasteiger partial charge is 0.0208 e. The van der Waals surface area contributed by atoms with E-state index in [1.165, 1.54) is 29.5 Å². The van der Waals surface area contributed by atoms with Crippen molar-refractivity contribution in [1.82, 2.24) is 5.32 Å². The van der Waals surface area contributed by atoms with Crippen molar-refractivity contribution in [2.24, 2.45) is 5.92 Å². The van der Waals surface area contributed by atoms with E-state index < -0.39 is 0 Å². The summed E-state index contributed by atoms with van der Waals surface area (Å²) in [5.74, 6) is 0.684. The van der Waals surface area contributed by atoms with Gasteiger partial charge in [0.25, 0.3) is 0 Å².